The lowest BCUT2D eigenvalue weighted by atomic mass is 10.0. The Morgan fingerprint density at radius 2 is 2.14 bits per heavy atom. The van der Waals surface area contributed by atoms with Gasteiger partial charge in [0.1, 0.15) is 5.60 Å². The van der Waals surface area contributed by atoms with Gasteiger partial charge in [-0.1, -0.05) is 12.1 Å². The Balaban J connectivity index is 2.13. The lowest BCUT2D eigenvalue weighted by Gasteiger charge is -2.22. The average molecular weight is 291 g/mol. The summed E-state index contributed by atoms with van der Waals surface area (Å²) in [5, 5.41) is 5.49. The molecule has 1 aromatic rings. The van der Waals surface area contributed by atoms with Crippen LogP contribution in [-0.2, 0) is 9.53 Å². The highest BCUT2D eigenvalue weighted by Gasteiger charge is 2.38. The Hall–Kier alpha value is -1.92. The third-order valence-electron chi connectivity index (χ3n) is 3.55. The van der Waals surface area contributed by atoms with Gasteiger partial charge >= 0.3 is 0 Å². The molecule has 21 heavy (non-hydrogen) atoms. The van der Waals surface area contributed by atoms with Gasteiger partial charge in [0.2, 0.25) is 0 Å². The summed E-state index contributed by atoms with van der Waals surface area (Å²) in [5.74, 6) is -0.479. The highest BCUT2D eigenvalue weighted by atomic mass is 16.5. The van der Waals surface area contributed by atoms with Crippen molar-refractivity contribution in [1.82, 2.24) is 5.32 Å². The zero-order valence-electron chi connectivity index (χ0n) is 12.1. The van der Waals surface area contributed by atoms with Crippen LogP contribution >= 0.6 is 0 Å². The summed E-state index contributed by atoms with van der Waals surface area (Å²) in [4.78, 5) is 24.4. The van der Waals surface area contributed by atoms with E-state index in [4.69, 9.17) is 10.5 Å². The van der Waals surface area contributed by atoms with Crippen LogP contribution in [0.25, 0.3) is 0 Å². The van der Waals surface area contributed by atoms with Crippen molar-refractivity contribution in [2.45, 2.75) is 25.4 Å². The minimum absolute atomic E-state index is 0.223. The van der Waals surface area contributed by atoms with E-state index in [2.05, 4.69) is 10.6 Å². The Bertz CT molecular complexity index is 525. The van der Waals surface area contributed by atoms with Crippen LogP contribution in [0.2, 0.25) is 0 Å². The first-order chi connectivity index (χ1) is 10.1. The maximum Gasteiger partial charge on any atom is 0.256 e. The molecule has 0 saturated carbocycles. The molecule has 1 atom stereocenters. The summed E-state index contributed by atoms with van der Waals surface area (Å²) in [6.07, 6.45) is 1.54. The molecule has 1 heterocycles. The maximum atomic E-state index is 12.3. The molecule has 2 rings (SSSR count). The second kappa shape index (κ2) is 6.69. The van der Waals surface area contributed by atoms with E-state index in [9.17, 15) is 9.59 Å². The van der Waals surface area contributed by atoms with Gasteiger partial charge in [0.15, 0.2) is 0 Å². The van der Waals surface area contributed by atoms with Gasteiger partial charge < -0.3 is 21.1 Å². The molecule has 1 aliphatic heterocycles. The molecule has 1 saturated heterocycles. The SMILES string of the molecule is CC1(C(=O)Nc2ccccc2C(=O)NCCN)CCCO1. The van der Waals surface area contributed by atoms with Gasteiger partial charge in [-0.3, -0.25) is 9.59 Å². The van der Waals surface area contributed by atoms with E-state index < -0.39 is 5.60 Å². The second-order valence-corrected chi connectivity index (χ2v) is 5.23. The van der Waals surface area contributed by atoms with Crippen LogP contribution in [0.3, 0.4) is 0 Å². The molecule has 0 bridgehead atoms. The molecule has 6 nitrogen and oxygen atoms in total. The summed E-state index contributed by atoms with van der Waals surface area (Å²) in [6.45, 7) is 3.11. The van der Waals surface area contributed by atoms with Crippen molar-refractivity contribution in [2.75, 3.05) is 25.0 Å². The molecule has 1 aromatic carbocycles. The Labute approximate surface area is 124 Å². The summed E-state index contributed by atoms with van der Waals surface area (Å²) < 4.78 is 5.51. The van der Waals surface area contributed by atoms with Crippen molar-refractivity contribution in [2.24, 2.45) is 5.73 Å². The van der Waals surface area contributed by atoms with Gasteiger partial charge in [-0.25, -0.2) is 0 Å². The molecule has 0 spiro atoms. The molecule has 6 heteroatoms. The van der Waals surface area contributed by atoms with Crippen LogP contribution < -0.4 is 16.4 Å². The smallest absolute Gasteiger partial charge is 0.256 e. The number of hydrogen-bond donors (Lipinski definition) is 3. The van der Waals surface area contributed by atoms with Gasteiger partial charge in [0.05, 0.1) is 11.3 Å². The normalized spacial score (nSPS) is 21.0. The van der Waals surface area contributed by atoms with Crippen molar-refractivity contribution in [3.63, 3.8) is 0 Å². The van der Waals surface area contributed by atoms with Gasteiger partial charge in [-0.05, 0) is 31.9 Å². The lowest BCUT2D eigenvalue weighted by molar-refractivity contribution is -0.133. The predicted octanol–water partition coefficient (Wildman–Crippen LogP) is 0.883. The molecular formula is C15H21N3O3. The first-order valence-electron chi connectivity index (χ1n) is 7.09. The summed E-state index contributed by atoms with van der Waals surface area (Å²) >= 11 is 0. The standard InChI is InChI=1S/C15H21N3O3/c1-15(7-4-10-21-15)14(20)18-12-6-3-2-5-11(12)13(19)17-9-8-16/h2-3,5-6H,4,7-10,16H2,1H3,(H,17,19)(H,18,20). The van der Waals surface area contributed by atoms with E-state index in [1.54, 1.807) is 31.2 Å². The Morgan fingerprint density at radius 3 is 2.81 bits per heavy atom. The van der Waals surface area contributed by atoms with E-state index in [0.717, 1.165) is 6.42 Å². The number of anilines is 1. The van der Waals surface area contributed by atoms with Crippen molar-refractivity contribution in [1.29, 1.82) is 0 Å². The third-order valence-corrected chi connectivity index (χ3v) is 3.55. The van der Waals surface area contributed by atoms with Crippen LogP contribution in [-0.4, -0.2) is 37.1 Å². The van der Waals surface area contributed by atoms with E-state index >= 15 is 0 Å². The first-order valence-corrected chi connectivity index (χ1v) is 7.09. The Morgan fingerprint density at radius 1 is 1.38 bits per heavy atom. The van der Waals surface area contributed by atoms with Crippen molar-refractivity contribution in [3.05, 3.63) is 29.8 Å². The molecule has 1 unspecified atom stereocenters. The zero-order chi connectivity index (χ0) is 15.3. The number of rotatable bonds is 5. The number of nitrogens with one attached hydrogen (secondary N) is 2. The van der Waals surface area contributed by atoms with E-state index in [1.807, 2.05) is 0 Å². The van der Waals surface area contributed by atoms with Crippen LogP contribution in [0.1, 0.15) is 30.1 Å². The fourth-order valence-corrected chi connectivity index (χ4v) is 2.28. The van der Waals surface area contributed by atoms with Crippen molar-refractivity contribution < 1.29 is 14.3 Å². The summed E-state index contributed by atoms with van der Waals surface area (Å²) in [5.41, 5.74) is 5.45. The van der Waals surface area contributed by atoms with Crippen LogP contribution in [0.5, 0.6) is 0 Å². The third kappa shape index (κ3) is 3.59. The van der Waals surface area contributed by atoms with E-state index in [-0.39, 0.29) is 11.8 Å². The minimum Gasteiger partial charge on any atom is -0.365 e. The maximum absolute atomic E-state index is 12.3. The number of nitrogens with two attached hydrogens (primary N) is 1. The number of carbonyl (C=O) groups is 2. The molecule has 114 valence electrons. The molecule has 0 aliphatic carbocycles. The predicted molar refractivity (Wildman–Crippen MR) is 80.1 cm³/mol. The van der Waals surface area contributed by atoms with Crippen molar-refractivity contribution in [3.8, 4) is 0 Å². The summed E-state index contributed by atoms with van der Waals surface area (Å²) in [7, 11) is 0. The van der Waals surface area contributed by atoms with Gasteiger partial charge in [-0.2, -0.15) is 0 Å². The van der Waals surface area contributed by atoms with Gasteiger partial charge in [0, 0.05) is 19.7 Å². The fraction of sp³-hybridized carbons (Fsp3) is 0.467. The number of carbonyl (C=O) groups excluding carboxylic acids is 2. The largest absolute Gasteiger partial charge is 0.365 e. The van der Waals surface area contributed by atoms with Crippen molar-refractivity contribution >= 4 is 17.5 Å². The fourth-order valence-electron chi connectivity index (χ4n) is 2.28. The van der Waals surface area contributed by atoms with Crippen LogP contribution in [0.15, 0.2) is 24.3 Å². The zero-order valence-corrected chi connectivity index (χ0v) is 12.1. The monoisotopic (exact) mass is 291 g/mol. The molecule has 1 aliphatic rings. The molecule has 2 amide bonds. The quantitative estimate of drug-likeness (QED) is 0.751. The van der Waals surface area contributed by atoms with Crippen LogP contribution in [0.4, 0.5) is 5.69 Å². The number of hydrogen-bond acceptors (Lipinski definition) is 4. The topological polar surface area (TPSA) is 93.5 Å². The van der Waals surface area contributed by atoms with E-state index in [0.29, 0.717) is 37.4 Å². The molecular weight excluding hydrogens is 270 g/mol. The second-order valence-electron chi connectivity index (χ2n) is 5.23. The van der Waals surface area contributed by atoms with Gasteiger partial charge in [0.25, 0.3) is 11.8 Å². The molecule has 4 N–H and O–H groups in total. The average Bonchev–Trinajstić information content (AvgIpc) is 2.93. The highest BCUT2D eigenvalue weighted by Crippen LogP contribution is 2.27. The molecule has 1 fully saturated rings. The van der Waals surface area contributed by atoms with Gasteiger partial charge in [-0.15, -0.1) is 0 Å². The number of benzene rings is 1. The summed E-state index contributed by atoms with van der Waals surface area (Å²) in [6, 6.07) is 6.89. The Kier molecular flexibility index (Phi) is 4.93. The highest BCUT2D eigenvalue weighted by molar-refractivity contribution is 6.05. The minimum atomic E-state index is -0.819. The molecule has 0 radical (unpaired) electrons. The molecule has 0 aromatic heterocycles. The lowest BCUT2D eigenvalue weighted by Crippen LogP contribution is -2.40. The number of amides is 2. The number of para-hydroxylation sites is 1. The number of ether oxygens (including phenoxy) is 1. The van der Waals surface area contributed by atoms with E-state index in [1.165, 1.54) is 0 Å². The first kappa shape index (κ1) is 15.5. The van der Waals surface area contributed by atoms with Crippen LogP contribution in [0, 0.1) is 0 Å².